The van der Waals surface area contributed by atoms with Gasteiger partial charge in [-0.2, -0.15) is 14.9 Å². The summed E-state index contributed by atoms with van der Waals surface area (Å²) in [5.74, 6) is 0.314. The zero-order valence-electron chi connectivity index (χ0n) is 11.8. The molecule has 3 rings (SSSR count). The maximum absolute atomic E-state index is 13.2. The molecule has 0 saturated carbocycles. The van der Waals surface area contributed by atoms with E-state index in [2.05, 4.69) is 15.3 Å². The van der Waals surface area contributed by atoms with Crippen molar-refractivity contribution in [3.8, 4) is 11.4 Å². The SMILES string of the molecule is Cc1ccccc1-c1n[nH]c(=S)n1N=Cc1cccc(F)c1. The normalized spacial score (nSPS) is 11.2. The van der Waals surface area contributed by atoms with Crippen molar-refractivity contribution in [2.45, 2.75) is 6.92 Å². The van der Waals surface area contributed by atoms with Gasteiger partial charge >= 0.3 is 0 Å². The van der Waals surface area contributed by atoms with Crippen molar-refractivity contribution in [1.82, 2.24) is 14.9 Å². The third kappa shape index (κ3) is 2.87. The van der Waals surface area contributed by atoms with Crippen LogP contribution in [0.5, 0.6) is 0 Å². The molecule has 0 aliphatic heterocycles. The molecule has 0 aliphatic carbocycles. The van der Waals surface area contributed by atoms with Crippen molar-refractivity contribution >= 4 is 18.4 Å². The number of H-pyrrole nitrogens is 1. The van der Waals surface area contributed by atoms with E-state index in [0.29, 0.717) is 16.2 Å². The fourth-order valence-electron chi connectivity index (χ4n) is 2.11. The topological polar surface area (TPSA) is 46.0 Å². The molecule has 1 N–H and O–H groups in total. The van der Waals surface area contributed by atoms with Gasteiger partial charge in [-0.25, -0.2) is 9.49 Å². The fraction of sp³-hybridized carbons (Fsp3) is 0.0625. The van der Waals surface area contributed by atoms with Crippen LogP contribution in [0.4, 0.5) is 4.39 Å². The highest BCUT2D eigenvalue weighted by Gasteiger charge is 2.09. The van der Waals surface area contributed by atoms with E-state index in [1.165, 1.54) is 16.8 Å². The highest BCUT2D eigenvalue weighted by atomic mass is 32.1. The molecule has 2 aromatic carbocycles. The molecule has 6 heteroatoms. The summed E-state index contributed by atoms with van der Waals surface area (Å²) >= 11 is 5.21. The van der Waals surface area contributed by atoms with E-state index in [-0.39, 0.29) is 5.82 Å². The monoisotopic (exact) mass is 312 g/mol. The summed E-state index contributed by atoms with van der Waals surface area (Å²) in [6.45, 7) is 1.99. The lowest BCUT2D eigenvalue weighted by Crippen LogP contribution is -1.96. The number of nitrogens with one attached hydrogen (secondary N) is 1. The van der Waals surface area contributed by atoms with Crippen molar-refractivity contribution in [1.29, 1.82) is 0 Å². The van der Waals surface area contributed by atoms with Crippen molar-refractivity contribution < 1.29 is 4.39 Å². The van der Waals surface area contributed by atoms with E-state index in [1.54, 1.807) is 18.3 Å². The zero-order chi connectivity index (χ0) is 15.5. The Kier molecular flexibility index (Phi) is 3.93. The summed E-state index contributed by atoms with van der Waals surface area (Å²) in [5, 5.41) is 11.3. The Balaban J connectivity index is 2.04. The van der Waals surface area contributed by atoms with Gasteiger partial charge in [-0.05, 0) is 42.4 Å². The lowest BCUT2D eigenvalue weighted by Gasteiger charge is -2.04. The van der Waals surface area contributed by atoms with Crippen LogP contribution in [-0.4, -0.2) is 21.1 Å². The predicted octanol–water partition coefficient (Wildman–Crippen LogP) is 3.94. The molecule has 110 valence electrons. The molecule has 0 fully saturated rings. The molecular weight excluding hydrogens is 299 g/mol. The Morgan fingerprint density at radius 3 is 2.82 bits per heavy atom. The van der Waals surface area contributed by atoms with E-state index >= 15 is 0 Å². The summed E-state index contributed by atoms with van der Waals surface area (Å²) in [4.78, 5) is 0. The predicted molar refractivity (Wildman–Crippen MR) is 87.0 cm³/mol. The van der Waals surface area contributed by atoms with Crippen LogP contribution >= 0.6 is 12.2 Å². The second-order valence-corrected chi connectivity index (χ2v) is 5.17. The highest BCUT2D eigenvalue weighted by molar-refractivity contribution is 7.71. The maximum atomic E-state index is 13.2. The van der Waals surface area contributed by atoms with Crippen molar-refractivity contribution in [3.05, 3.63) is 70.2 Å². The number of halogens is 1. The van der Waals surface area contributed by atoms with Crippen LogP contribution < -0.4 is 0 Å². The second kappa shape index (κ2) is 6.03. The van der Waals surface area contributed by atoms with Gasteiger partial charge in [0, 0.05) is 5.56 Å². The second-order valence-electron chi connectivity index (χ2n) is 4.78. The van der Waals surface area contributed by atoms with Gasteiger partial charge in [-0.15, -0.1) is 0 Å². The van der Waals surface area contributed by atoms with Gasteiger partial charge in [-0.1, -0.05) is 36.4 Å². The number of aromatic amines is 1. The maximum Gasteiger partial charge on any atom is 0.216 e. The molecular formula is C16H13FN4S. The van der Waals surface area contributed by atoms with Gasteiger partial charge in [0.05, 0.1) is 6.21 Å². The number of aromatic nitrogens is 3. The third-order valence-corrected chi connectivity index (χ3v) is 3.47. The van der Waals surface area contributed by atoms with Gasteiger partial charge in [0.1, 0.15) is 5.82 Å². The van der Waals surface area contributed by atoms with Crippen LogP contribution in [0, 0.1) is 17.5 Å². The molecule has 22 heavy (non-hydrogen) atoms. The average molecular weight is 312 g/mol. The minimum atomic E-state index is -0.307. The fourth-order valence-corrected chi connectivity index (χ4v) is 2.29. The van der Waals surface area contributed by atoms with Crippen LogP contribution in [0.3, 0.4) is 0 Å². The van der Waals surface area contributed by atoms with E-state index < -0.39 is 0 Å². The summed E-state index contributed by atoms with van der Waals surface area (Å²) in [7, 11) is 0. The molecule has 1 aromatic heterocycles. The Bertz CT molecular complexity index is 895. The number of nitrogens with zero attached hydrogens (tertiary/aromatic N) is 3. The van der Waals surface area contributed by atoms with Crippen LogP contribution in [0.25, 0.3) is 11.4 Å². The number of rotatable bonds is 3. The third-order valence-electron chi connectivity index (χ3n) is 3.21. The zero-order valence-corrected chi connectivity index (χ0v) is 12.6. The minimum Gasteiger partial charge on any atom is -0.250 e. The molecule has 0 saturated heterocycles. The van der Waals surface area contributed by atoms with Crippen LogP contribution in [-0.2, 0) is 0 Å². The van der Waals surface area contributed by atoms with E-state index in [1.807, 2.05) is 31.2 Å². The first-order chi connectivity index (χ1) is 10.6. The largest absolute Gasteiger partial charge is 0.250 e. The number of hydrogen-bond acceptors (Lipinski definition) is 3. The Morgan fingerprint density at radius 2 is 2.05 bits per heavy atom. The molecule has 0 atom stereocenters. The van der Waals surface area contributed by atoms with Crippen LogP contribution in [0.2, 0.25) is 0 Å². The standard InChI is InChI=1S/C16H13FN4S/c1-11-5-2-3-8-14(11)15-19-20-16(22)21(15)18-10-12-6-4-7-13(17)9-12/h2-10H,1H3,(H,20,22). The number of benzene rings is 2. The van der Waals surface area contributed by atoms with Crippen LogP contribution in [0.15, 0.2) is 53.6 Å². The van der Waals surface area contributed by atoms with Crippen molar-refractivity contribution in [2.75, 3.05) is 0 Å². The van der Waals surface area contributed by atoms with Gasteiger partial charge in [0.15, 0.2) is 5.82 Å². The molecule has 4 nitrogen and oxygen atoms in total. The first kappa shape index (κ1) is 14.3. The molecule has 0 radical (unpaired) electrons. The molecule has 0 amide bonds. The van der Waals surface area contributed by atoms with Crippen molar-refractivity contribution in [3.63, 3.8) is 0 Å². The molecule has 0 aliphatic rings. The molecule has 0 spiro atoms. The lowest BCUT2D eigenvalue weighted by atomic mass is 10.1. The Morgan fingerprint density at radius 1 is 1.23 bits per heavy atom. The van der Waals surface area contributed by atoms with E-state index in [4.69, 9.17) is 12.2 Å². The quantitative estimate of drug-likeness (QED) is 0.588. The first-order valence-electron chi connectivity index (χ1n) is 6.68. The average Bonchev–Trinajstić information content (AvgIpc) is 2.87. The van der Waals surface area contributed by atoms with Gasteiger partial charge in [-0.3, -0.25) is 0 Å². The van der Waals surface area contributed by atoms with Crippen molar-refractivity contribution in [2.24, 2.45) is 5.10 Å². The number of hydrogen-bond donors (Lipinski definition) is 1. The first-order valence-corrected chi connectivity index (χ1v) is 7.09. The van der Waals surface area contributed by atoms with Gasteiger partial charge < -0.3 is 0 Å². The molecule has 0 unspecified atom stereocenters. The number of aryl methyl sites for hydroxylation is 1. The summed E-state index contributed by atoms with van der Waals surface area (Å²) in [6, 6.07) is 14.0. The summed E-state index contributed by atoms with van der Waals surface area (Å²) < 4.78 is 15.1. The summed E-state index contributed by atoms with van der Waals surface area (Å²) in [5.41, 5.74) is 2.66. The van der Waals surface area contributed by atoms with Crippen LogP contribution in [0.1, 0.15) is 11.1 Å². The molecule has 1 heterocycles. The van der Waals surface area contributed by atoms with E-state index in [9.17, 15) is 4.39 Å². The van der Waals surface area contributed by atoms with Gasteiger partial charge in [0.25, 0.3) is 0 Å². The highest BCUT2D eigenvalue weighted by Crippen LogP contribution is 2.21. The lowest BCUT2D eigenvalue weighted by molar-refractivity contribution is 0.627. The Hall–Kier alpha value is -2.60. The Labute approximate surface area is 131 Å². The van der Waals surface area contributed by atoms with E-state index in [0.717, 1.165) is 11.1 Å². The molecule has 3 aromatic rings. The minimum absolute atomic E-state index is 0.307. The molecule has 0 bridgehead atoms. The van der Waals surface area contributed by atoms with Gasteiger partial charge in [0.2, 0.25) is 4.77 Å². The smallest absolute Gasteiger partial charge is 0.216 e. The summed E-state index contributed by atoms with van der Waals surface area (Å²) in [6.07, 6.45) is 1.55.